The molecule has 0 saturated carbocycles. The highest BCUT2D eigenvalue weighted by Crippen LogP contribution is 2.43. The third kappa shape index (κ3) is 70.6. The van der Waals surface area contributed by atoms with E-state index in [1.165, 1.54) is 173 Å². The van der Waals surface area contributed by atoms with Gasteiger partial charge >= 0.3 is 13.8 Å². The van der Waals surface area contributed by atoms with Crippen molar-refractivity contribution >= 4 is 19.7 Å². The number of carbonyl (C=O) groups excluding carboxylic acids is 2. The number of hydrogen-bond donors (Lipinski definition) is 2. The minimum Gasteiger partial charge on any atom is -0.456 e. The number of hydrogen-bond acceptors (Lipinski definition) is 6. The van der Waals surface area contributed by atoms with Gasteiger partial charge in [-0.15, -0.1) is 0 Å². The van der Waals surface area contributed by atoms with E-state index in [1.54, 1.807) is 0 Å². The van der Waals surface area contributed by atoms with Crippen molar-refractivity contribution in [3.8, 4) is 0 Å². The van der Waals surface area contributed by atoms with E-state index in [-0.39, 0.29) is 31.5 Å². The first-order valence-electron chi connectivity index (χ1n) is 37.9. The second-order valence-electron chi connectivity index (χ2n) is 26.4. The lowest BCUT2D eigenvalue weighted by Crippen LogP contribution is -2.47. The lowest BCUT2D eigenvalue weighted by atomic mass is 10.0. The lowest BCUT2D eigenvalue weighted by molar-refractivity contribution is -0.870. The standard InChI is InChI=1S/C81H143N2O7P/c1-7-10-13-16-19-22-25-28-30-32-34-36-38-40-41-43-44-46-48-50-52-55-58-61-64-67-70-73-80(84)82-78(77-89-91(86,87)88-76-75-83(4,5)6)79(72-69-66-63-60-57-54-27-24-21-18-15-12-9-3)90-81(85)74-71-68-65-62-59-56-53-51-49-47-45-42-39-37-35-33-31-29-26-23-20-17-14-11-8-2/h10,13,19-20,22-23,28-31,34-37,40-41,44,46,69,72,78-79H,7-9,11-12,14-18,21,24-27,32-33,38-39,42-43,45,47-68,70-71,73-77H2,1-6H3,(H-,82,84,86,87)/p+1/b13-10-,22-19-,23-20-,30-28-,31-29-,36-34-,37-35-,41-40-,46-44-,72-69+. The van der Waals surface area contributed by atoms with Crippen LogP contribution in [0, 0.1) is 0 Å². The van der Waals surface area contributed by atoms with Crippen molar-refractivity contribution in [2.24, 2.45) is 0 Å². The van der Waals surface area contributed by atoms with Crippen molar-refractivity contribution in [1.82, 2.24) is 5.32 Å². The van der Waals surface area contributed by atoms with E-state index < -0.39 is 20.0 Å². The Morgan fingerprint density at radius 3 is 1.08 bits per heavy atom. The maximum absolute atomic E-state index is 13.7. The number of esters is 1. The van der Waals surface area contributed by atoms with Gasteiger partial charge < -0.3 is 19.4 Å². The van der Waals surface area contributed by atoms with Gasteiger partial charge in [0.05, 0.1) is 33.8 Å². The van der Waals surface area contributed by atoms with Crippen LogP contribution >= 0.6 is 7.82 Å². The number of unbranched alkanes of at least 4 members (excludes halogenated alkanes) is 34. The van der Waals surface area contributed by atoms with Crippen molar-refractivity contribution in [3.05, 3.63) is 122 Å². The number of amides is 1. The van der Waals surface area contributed by atoms with Gasteiger partial charge in [-0.1, -0.05) is 316 Å². The summed E-state index contributed by atoms with van der Waals surface area (Å²) < 4.78 is 30.9. The molecule has 91 heavy (non-hydrogen) atoms. The molecule has 0 rings (SSSR count). The number of quaternary nitrogens is 1. The number of phosphoric ester groups is 1. The van der Waals surface area contributed by atoms with Crippen LogP contribution in [0.1, 0.15) is 329 Å². The summed E-state index contributed by atoms with van der Waals surface area (Å²) in [6.07, 6.45) is 97.8. The molecule has 1 amide bonds. The molecule has 0 aromatic carbocycles. The van der Waals surface area contributed by atoms with Crippen LogP contribution in [-0.4, -0.2) is 74.3 Å². The number of carbonyl (C=O) groups is 2. The summed E-state index contributed by atoms with van der Waals surface area (Å²) in [6, 6.07) is -0.863. The van der Waals surface area contributed by atoms with Crippen LogP contribution in [0.5, 0.6) is 0 Å². The van der Waals surface area contributed by atoms with Crippen molar-refractivity contribution < 1.29 is 37.3 Å². The van der Waals surface area contributed by atoms with Crippen LogP contribution in [0.3, 0.4) is 0 Å². The molecule has 0 spiro atoms. The molecule has 0 heterocycles. The van der Waals surface area contributed by atoms with Gasteiger partial charge in [-0.3, -0.25) is 18.6 Å². The maximum Gasteiger partial charge on any atom is 0.472 e. The van der Waals surface area contributed by atoms with Gasteiger partial charge in [0.2, 0.25) is 5.91 Å². The first kappa shape index (κ1) is 87.4. The topological polar surface area (TPSA) is 111 Å². The van der Waals surface area contributed by atoms with Gasteiger partial charge in [-0.05, 0) is 122 Å². The Balaban J connectivity index is 5.07. The normalized spacial score (nSPS) is 14.1. The molecular weight excluding hydrogens is 1140 g/mol. The van der Waals surface area contributed by atoms with E-state index in [0.717, 1.165) is 122 Å². The van der Waals surface area contributed by atoms with Gasteiger partial charge in [0.15, 0.2) is 0 Å². The molecule has 0 saturated heterocycles. The summed E-state index contributed by atoms with van der Waals surface area (Å²) in [6.45, 7) is 6.89. The van der Waals surface area contributed by atoms with E-state index >= 15 is 0 Å². The lowest BCUT2D eigenvalue weighted by Gasteiger charge is -2.27. The molecule has 9 nitrogen and oxygen atoms in total. The third-order valence-corrected chi connectivity index (χ3v) is 17.4. The Morgan fingerprint density at radius 2 is 0.703 bits per heavy atom. The molecule has 0 aliphatic rings. The van der Waals surface area contributed by atoms with Crippen LogP contribution < -0.4 is 5.32 Å². The summed E-state index contributed by atoms with van der Waals surface area (Å²) in [4.78, 5) is 38.0. The third-order valence-electron chi connectivity index (χ3n) is 16.4. The van der Waals surface area contributed by atoms with Crippen LogP contribution in [0.2, 0.25) is 0 Å². The summed E-state index contributed by atoms with van der Waals surface area (Å²) in [5.41, 5.74) is 0. The maximum atomic E-state index is 13.7. The van der Waals surface area contributed by atoms with Gasteiger partial charge in [0.25, 0.3) is 0 Å². The summed E-state index contributed by atoms with van der Waals surface area (Å²) in [5.74, 6) is -0.514. The zero-order chi connectivity index (χ0) is 66.3. The largest absolute Gasteiger partial charge is 0.472 e. The predicted molar refractivity (Wildman–Crippen MR) is 396 cm³/mol. The van der Waals surface area contributed by atoms with Crippen LogP contribution in [0.4, 0.5) is 0 Å². The Kier molecular flexibility index (Phi) is 66.5. The van der Waals surface area contributed by atoms with Crippen molar-refractivity contribution in [2.45, 2.75) is 341 Å². The number of ether oxygens (including phenoxy) is 1. The second kappa shape index (κ2) is 69.2. The minimum absolute atomic E-state index is 0.0331. The number of likely N-dealkylation sites (N-methyl/N-ethyl adjacent to an activating group) is 1. The summed E-state index contributed by atoms with van der Waals surface area (Å²) >= 11 is 0. The van der Waals surface area contributed by atoms with E-state index in [4.69, 9.17) is 13.8 Å². The summed E-state index contributed by atoms with van der Waals surface area (Å²) in [7, 11) is 1.48. The molecule has 10 heteroatoms. The SMILES string of the molecule is CC/C=C\C/C=C\C/C=C\C/C=C\C/C=C\C/C=C\CCCCCCCCCCC(=O)NC(COP(=O)(O)OCC[N+](C)(C)C)C(/C=C/CCCCCCCCCCCCC)OC(=O)CCCCCCCCCCCCCC/C=C\C/C=C\C/C=C\CCCCC. The molecule has 3 atom stereocenters. The zero-order valence-electron chi connectivity index (χ0n) is 60.1. The first-order chi connectivity index (χ1) is 44.4. The van der Waals surface area contributed by atoms with E-state index in [1.807, 2.05) is 33.3 Å². The summed E-state index contributed by atoms with van der Waals surface area (Å²) in [5, 5.41) is 3.07. The van der Waals surface area contributed by atoms with Gasteiger partial charge in [0.1, 0.15) is 19.3 Å². The highest BCUT2D eigenvalue weighted by molar-refractivity contribution is 7.47. The van der Waals surface area contributed by atoms with Gasteiger partial charge in [-0.25, -0.2) is 4.57 Å². The fraction of sp³-hybridized carbons (Fsp3) is 0.728. The van der Waals surface area contributed by atoms with Gasteiger partial charge in [-0.2, -0.15) is 0 Å². The zero-order valence-corrected chi connectivity index (χ0v) is 60.9. The van der Waals surface area contributed by atoms with Crippen LogP contribution in [0.25, 0.3) is 0 Å². The quantitative estimate of drug-likeness (QED) is 0.0205. The Bertz CT molecular complexity index is 1970. The predicted octanol–water partition coefficient (Wildman–Crippen LogP) is 24.6. The van der Waals surface area contributed by atoms with E-state index in [0.29, 0.717) is 17.4 Å². The average molecular weight is 1290 g/mol. The molecule has 2 N–H and O–H groups in total. The van der Waals surface area contributed by atoms with Crippen molar-refractivity contribution in [1.29, 1.82) is 0 Å². The number of nitrogens with one attached hydrogen (secondary N) is 1. The highest BCUT2D eigenvalue weighted by atomic mass is 31.2. The first-order valence-corrected chi connectivity index (χ1v) is 39.4. The number of allylic oxidation sites excluding steroid dienone is 19. The molecule has 524 valence electrons. The number of nitrogens with zero attached hydrogens (tertiary/aromatic N) is 1. The van der Waals surface area contributed by atoms with Gasteiger partial charge in [0, 0.05) is 12.8 Å². The highest BCUT2D eigenvalue weighted by Gasteiger charge is 2.30. The number of rotatable bonds is 68. The molecular formula is C81H144N2O7P+. The van der Waals surface area contributed by atoms with Crippen molar-refractivity contribution in [2.75, 3.05) is 40.9 Å². The fourth-order valence-electron chi connectivity index (χ4n) is 10.6. The Labute approximate surface area is 563 Å². The monoisotopic (exact) mass is 1290 g/mol. The smallest absolute Gasteiger partial charge is 0.456 e. The average Bonchev–Trinajstić information content (AvgIpc) is 3.45. The second-order valence-corrected chi connectivity index (χ2v) is 27.9. The minimum atomic E-state index is -4.47. The molecule has 0 aromatic rings. The molecule has 0 aliphatic carbocycles. The van der Waals surface area contributed by atoms with Crippen LogP contribution in [-0.2, 0) is 27.9 Å². The van der Waals surface area contributed by atoms with E-state index in [2.05, 4.69) is 135 Å². The van der Waals surface area contributed by atoms with E-state index in [9.17, 15) is 19.0 Å². The fourth-order valence-corrected chi connectivity index (χ4v) is 11.3. The molecule has 0 bridgehead atoms. The molecule has 0 radical (unpaired) electrons. The Morgan fingerprint density at radius 1 is 0.396 bits per heavy atom. The number of phosphoric acid groups is 1. The molecule has 0 aliphatic heterocycles. The molecule has 3 unspecified atom stereocenters. The molecule has 0 aromatic heterocycles. The molecule has 0 fully saturated rings. The Hall–Kier alpha value is -3.59. The van der Waals surface area contributed by atoms with Crippen molar-refractivity contribution in [3.63, 3.8) is 0 Å². The van der Waals surface area contributed by atoms with Crippen LogP contribution in [0.15, 0.2) is 122 Å².